The van der Waals surface area contributed by atoms with Crippen LogP contribution in [-0.2, 0) is 4.79 Å². The van der Waals surface area contributed by atoms with Crippen LogP contribution in [0.1, 0.15) is 13.3 Å². The molecule has 0 aromatic heterocycles. The molecular formula is C6H11OP. The molecule has 0 aliphatic carbocycles. The van der Waals surface area contributed by atoms with Gasteiger partial charge in [0.25, 0.3) is 0 Å². The van der Waals surface area contributed by atoms with Gasteiger partial charge in [-0.2, -0.15) is 0 Å². The summed E-state index contributed by atoms with van der Waals surface area (Å²) >= 11 is 0. The maximum Gasteiger partial charge on any atom is 0.155 e. The van der Waals surface area contributed by atoms with Gasteiger partial charge in [-0.1, -0.05) is 6.08 Å². The van der Waals surface area contributed by atoms with Gasteiger partial charge in [0.05, 0.1) is 0 Å². The number of ketones is 1. The molecule has 0 spiro atoms. The van der Waals surface area contributed by atoms with Gasteiger partial charge in [0.1, 0.15) is 0 Å². The van der Waals surface area contributed by atoms with Crippen LogP contribution in [0.4, 0.5) is 0 Å². The smallest absolute Gasteiger partial charge is 0.155 e. The SMILES string of the molecule is C/C=C/C(=O)CCP. The van der Waals surface area contributed by atoms with E-state index in [1.54, 1.807) is 12.2 Å². The summed E-state index contributed by atoms with van der Waals surface area (Å²) in [5.74, 6) is 0.211. The van der Waals surface area contributed by atoms with Gasteiger partial charge in [-0.15, -0.1) is 9.24 Å². The van der Waals surface area contributed by atoms with Gasteiger partial charge in [0, 0.05) is 6.42 Å². The van der Waals surface area contributed by atoms with E-state index < -0.39 is 0 Å². The lowest BCUT2D eigenvalue weighted by atomic mass is 10.3. The lowest BCUT2D eigenvalue weighted by Gasteiger charge is -1.84. The van der Waals surface area contributed by atoms with Crippen LogP contribution in [0.25, 0.3) is 0 Å². The van der Waals surface area contributed by atoms with Crippen molar-refractivity contribution in [1.82, 2.24) is 0 Å². The van der Waals surface area contributed by atoms with Crippen LogP contribution in [0.15, 0.2) is 12.2 Å². The number of rotatable bonds is 3. The average Bonchev–Trinajstić information content (AvgIpc) is 1.68. The Bertz CT molecular complexity index is 96.7. The summed E-state index contributed by atoms with van der Waals surface area (Å²) in [5, 5.41) is 0. The number of allylic oxidation sites excluding steroid dienone is 2. The minimum atomic E-state index is 0.211. The molecule has 0 amide bonds. The summed E-state index contributed by atoms with van der Waals surface area (Å²) in [5.41, 5.74) is 0. The Morgan fingerprint density at radius 2 is 2.38 bits per heavy atom. The molecular weight excluding hydrogens is 119 g/mol. The lowest BCUT2D eigenvalue weighted by molar-refractivity contribution is -0.114. The molecule has 0 radical (unpaired) electrons. The van der Waals surface area contributed by atoms with Crippen molar-refractivity contribution in [2.24, 2.45) is 0 Å². The van der Waals surface area contributed by atoms with E-state index in [0.717, 1.165) is 6.16 Å². The molecule has 0 aromatic rings. The highest BCUT2D eigenvalue weighted by Gasteiger charge is 1.89. The fraction of sp³-hybridized carbons (Fsp3) is 0.500. The highest BCUT2D eigenvalue weighted by Crippen LogP contribution is 1.90. The molecule has 0 aromatic carbocycles. The van der Waals surface area contributed by atoms with Crippen LogP contribution < -0.4 is 0 Å². The summed E-state index contributed by atoms with van der Waals surface area (Å²) in [7, 11) is 2.52. The Labute approximate surface area is 52.4 Å². The van der Waals surface area contributed by atoms with Crippen LogP contribution in [0, 0.1) is 0 Å². The Balaban J connectivity index is 3.33. The van der Waals surface area contributed by atoms with Crippen molar-refractivity contribution in [3.05, 3.63) is 12.2 Å². The number of hydrogen-bond donors (Lipinski definition) is 0. The maximum absolute atomic E-state index is 10.5. The fourth-order valence-corrected chi connectivity index (χ4v) is 0.696. The predicted octanol–water partition coefficient (Wildman–Crippen LogP) is 1.40. The Kier molecular flexibility index (Phi) is 4.89. The van der Waals surface area contributed by atoms with E-state index in [4.69, 9.17) is 0 Å². The number of hydrogen-bond acceptors (Lipinski definition) is 1. The molecule has 1 unspecified atom stereocenters. The summed E-state index contributed by atoms with van der Waals surface area (Å²) < 4.78 is 0. The molecule has 1 nitrogen and oxygen atoms in total. The van der Waals surface area contributed by atoms with Crippen molar-refractivity contribution < 1.29 is 4.79 Å². The van der Waals surface area contributed by atoms with Crippen molar-refractivity contribution in [3.63, 3.8) is 0 Å². The lowest BCUT2D eigenvalue weighted by Crippen LogP contribution is -1.90. The molecule has 0 saturated carbocycles. The van der Waals surface area contributed by atoms with E-state index in [1.807, 2.05) is 6.92 Å². The Hall–Kier alpha value is -0.160. The summed E-state index contributed by atoms with van der Waals surface area (Å²) in [6, 6.07) is 0. The molecule has 0 heterocycles. The zero-order valence-corrected chi connectivity index (χ0v) is 6.21. The second kappa shape index (κ2) is 4.99. The zero-order valence-electron chi connectivity index (χ0n) is 5.05. The third-order valence-corrected chi connectivity index (χ3v) is 1.03. The first-order valence-corrected chi connectivity index (χ1v) is 3.48. The second-order valence-electron chi connectivity index (χ2n) is 1.50. The number of carbonyl (C=O) groups is 1. The van der Waals surface area contributed by atoms with Crippen LogP contribution in [0.2, 0.25) is 0 Å². The number of carbonyl (C=O) groups excluding carboxylic acids is 1. The molecule has 0 bridgehead atoms. The molecule has 1 atom stereocenters. The van der Waals surface area contributed by atoms with Gasteiger partial charge in [-0.3, -0.25) is 4.79 Å². The predicted molar refractivity (Wildman–Crippen MR) is 39.0 cm³/mol. The van der Waals surface area contributed by atoms with Gasteiger partial charge < -0.3 is 0 Å². The summed E-state index contributed by atoms with van der Waals surface area (Å²) in [6.45, 7) is 1.85. The van der Waals surface area contributed by atoms with Crippen LogP contribution in [-0.4, -0.2) is 11.9 Å². The normalized spacial score (nSPS) is 10.2. The molecule has 0 aliphatic heterocycles. The minimum Gasteiger partial charge on any atom is -0.295 e. The molecule has 0 N–H and O–H groups in total. The van der Waals surface area contributed by atoms with Crippen molar-refractivity contribution in [2.45, 2.75) is 13.3 Å². The fourth-order valence-electron chi connectivity index (χ4n) is 0.411. The van der Waals surface area contributed by atoms with Crippen molar-refractivity contribution in [2.75, 3.05) is 6.16 Å². The van der Waals surface area contributed by atoms with E-state index in [9.17, 15) is 4.79 Å². The average molecular weight is 130 g/mol. The highest BCUT2D eigenvalue weighted by atomic mass is 31.0. The maximum atomic E-state index is 10.5. The van der Waals surface area contributed by atoms with Crippen molar-refractivity contribution in [1.29, 1.82) is 0 Å². The van der Waals surface area contributed by atoms with E-state index in [1.165, 1.54) is 0 Å². The molecule has 0 aliphatic rings. The third kappa shape index (κ3) is 4.01. The van der Waals surface area contributed by atoms with Gasteiger partial charge in [0.2, 0.25) is 0 Å². The molecule has 0 saturated heterocycles. The second-order valence-corrected chi connectivity index (χ2v) is 2.08. The molecule has 46 valence electrons. The monoisotopic (exact) mass is 130 g/mol. The van der Waals surface area contributed by atoms with Gasteiger partial charge in [-0.25, -0.2) is 0 Å². The molecule has 8 heavy (non-hydrogen) atoms. The van der Waals surface area contributed by atoms with E-state index in [2.05, 4.69) is 9.24 Å². The van der Waals surface area contributed by atoms with Crippen LogP contribution in [0.5, 0.6) is 0 Å². The Morgan fingerprint density at radius 3 is 2.75 bits per heavy atom. The zero-order chi connectivity index (χ0) is 6.41. The molecule has 2 heteroatoms. The first-order valence-electron chi connectivity index (χ1n) is 2.67. The van der Waals surface area contributed by atoms with E-state index in [-0.39, 0.29) is 5.78 Å². The molecule has 0 fully saturated rings. The van der Waals surface area contributed by atoms with E-state index >= 15 is 0 Å². The molecule has 0 rings (SSSR count). The van der Waals surface area contributed by atoms with E-state index in [0.29, 0.717) is 6.42 Å². The first-order chi connectivity index (χ1) is 3.81. The van der Waals surface area contributed by atoms with Crippen LogP contribution in [0.3, 0.4) is 0 Å². The Morgan fingerprint density at radius 1 is 1.75 bits per heavy atom. The highest BCUT2D eigenvalue weighted by molar-refractivity contribution is 7.16. The quantitative estimate of drug-likeness (QED) is 0.417. The topological polar surface area (TPSA) is 17.1 Å². The van der Waals surface area contributed by atoms with Gasteiger partial charge in [-0.05, 0) is 19.2 Å². The van der Waals surface area contributed by atoms with Gasteiger partial charge >= 0.3 is 0 Å². The summed E-state index contributed by atoms with van der Waals surface area (Å²) in [4.78, 5) is 10.5. The van der Waals surface area contributed by atoms with Crippen molar-refractivity contribution in [3.8, 4) is 0 Å². The third-order valence-electron chi connectivity index (χ3n) is 0.743. The first kappa shape index (κ1) is 7.84. The largest absolute Gasteiger partial charge is 0.295 e. The van der Waals surface area contributed by atoms with Crippen molar-refractivity contribution >= 4 is 15.0 Å². The minimum absolute atomic E-state index is 0.211. The standard InChI is InChI=1S/C6H11OP/c1-2-3-6(7)4-5-8/h2-3H,4-5,8H2,1H3/b3-2+. The van der Waals surface area contributed by atoms with Crippen LogP contribution >= 0.6 is 9.24 Å². The summed E-state index contributed by atoms with van der Waals surface area (Å²) in [6.07, 6.45) is 4.88. The van der Waals surface area contributed by atoms with Gasteiger partial charge in [0.15, 0.2) is 5.78 Å².